The van der Waals surface area contributed by atoms with Crippen LogP contribution in [-0.2, 0) is 6.54 Å². The van der Waals surface area contributed by atoms with Crippen LogP contribution in [0, 0.1) is 0 Å². The van der Waals surface area contributed by atoms with Gasteiger partial charge in [-0.15, -0.1) is 0 Å². The molecular formula is C17H21NO2. The third-order valence-corrected chi connectivity index (χ3v) is 4.01. The van der Waals surface area contributed by atoms with Gasteiger partial charge in [-0.2, -0.15) is 0 Å². The molecule has 0 amide bonds. The van der Waals surface area contributed by atoms with E-state index < -0.39 is 0 Å². The van der Waals surface area contributed by atoms with Crippen LogP contribution in [0.1, 0.15) is 18.4 Å². The SMILES string of the molecule is COc1cc2ccc(CN3CCCC3)cc2cc1OC. The number of fused-ring (bicyclic) bond motifs is 1. The molecular weight excluding hydrogens is 250 g/mol. The average Bonchev–Trinajstić information content (AvgIpc) is 2.98. The Morgan fingerprint density at radius 2 is 1.55 bits per heavy atom. The first-order valence-electron chi connectivity index (χ1n) is 7.17. The molecule has 20 heavy (non-hydrogen) atoms. The van der Waals surface area contributed by atoms with Crippen LogP contribution >= 0.6 is 0 Å². The monoisotopic (exact) mass is 271 g/mol. The first kappa shape index (κ1) is 13.3. The van der Waals surface area contributed by atoms with E-state index in [1.54, 1.807) is 14.2 Å². The number of benzene rings is 2. The molecule has 1 saturated heterocycles. The van der Waals surface area contributed by atoms with Gasteiger partial charge in [-0.25, -0.2) is 0 Å². The Labute approximate surface area is 120 Å². The second-order valence-electron chi connectivity index (χ2n) is 5.37. The summed E-state index contributed by atoms with van der Waals surface area (Å²) in [5, 5.41) is 2.40. The zero-order valence-corrected chi connectivity index (χ0v) is 12.2. The summed E-state index contributed by atoms with van der Waals surface area (Å²) < 4.78 is 10.7. The average molecular weight is 271 g/mol. The summed E-state index contributed by atoms with van der Waals surface area (Å²) in [5.41, 5.74) is 1.37. The summed E-state index contributed by atoms with van der Waals surface area (Å²) in [6, 6.07) is 10.7. The Hall–Kier alpha value is -1.74. The lowest BCUT2D eigenvalue weighted by molar-refractivity contribution is 0.331. The van der Waals surface area contributed by atoms with E-state index >= 15 is 0 Å². The fourth-order valence-corrected chi connectivity index (χ4v) is 2.92. The molecule has 0 radical (unpaired) electrons. The number of likely N-dealkylation sites (tertiary alicyclic amines) is 1. The van der Waals surface area contributed by atoms with Crippen LogP contribution in [0.15, 0.2) is 30.3 Å². The van der Waals surface area contributed by atoms with Gasteiger partial charge in [0.25, 0.3) is 0 Å². The number of rotatable bonds is 4. The Bertz CT molecular complexity index is 603. The maximum absolute atomic E-state index is 5.38. The van der Waals surface area contributed by atoms with E-state index in [-0.39, 0.29) is 0 Å². The molecule has 0 aliphatic carbocycles. The van der Waals surface area contributed by atoms with E-state index in [4.69, 9.17) is 9.47 Å². The third-order valence-electron chi connectivity index (χ3n) is 4.01. The van der Waals surface area contributed by atoms with Gasteiger partial charge in [0.1, 0.15) is 0 Å². The van der Waals surface area contributed by atoms with Crippen molar-refractivity contribution in [1.82, 2.24) is 4.90 Å². The molecule has 1 aliphatic rings. The van der Waals surface area contributed by atoms with Gasteiger partial charge in [0.15, 0.2) is 11.5 Å². The molecule has 2 aromatic rings. The quantitative estimate of drug-likeness (QED) is 0.850. The summed E-state index contributed by atoms with van der Waals surface area (Å²) in [6.45, 7) is 3.50. The first-order chi connectivity index (χ1) is 9.80. The van der Waals surface area contributed by atoms with Crippen molar-refractivity contribution in [2.75, 3.05) is 27.3 Å². The molecule has 1 fully saturated rings. The maximum Gasteiger partial charge on any atom is 0.161 e. The minimum atomic E-state index is 0.785. The summed E-state index contributed by atoms with van der Waals surface area (Å²) >= 11 is 0. The first-order valence-corrected chi connectivity index (χ1v) is 7.17. The number of hydrogen-bond acceptors (Lipinski definition) is 3. The van der Waals surface area contributed by atoms with Crippen LogP contribution in [-0.4, -0.2) is 32.2 Å². The maximum atomic E-state index is 5.38. The highest BCUT2D eigenvalue weighted by molar-refractivity contribution is 5.86. The molecule has 3 rings (SSSR count). The summed E-state index contributed by atoms with van der Waals surface area (Å²) in [5.74, 6) is 1.57. The number of hydrogen-bond donors (Lipinski definition) is 0. The topological polar surface area (TPSA) is 21.7 Å². The van der Waals surface area contributed by atoms with Crippen molar-refractivity contribution in [3.63, 3.8) is 0 Å². The molecule has 1 aliphatic heterocycles. The van der Waals surface area contributed by atoms with Crippen LogP contribution in [0.4, 0.5) is 0 Å². The molecule has 3 heteroatoms. The van der Waals surface area contributed by atoms with Gasteiger partial charge in [0.05, 0.1) is 14.2 Å². The van der Waals surface area contributed by atoms with Gasteiger partial charge in [-0.3, -0.25) is 4.90 Å². The van der Waals surface area contributed by atoms with E-state index in [9.17, 15) is 0 Å². The van der Waals surface area contributed by atoms with Crippen molar-refractivity contribution in [1.29, 1.82) is 0 Å². The van der Waals surface area contributed by atoms with Gasteiger partial charge in [0, 0.05) is 6.54 Å². The lowest BCUT2D eigenvalue weighted by atomic mass is 10.1. The van der Waals surface area contributed by atoms with Crippen molar-refractivity contribution in [3.05, 3.63) is 35.9 Å². The highest BCUT2D eigenvalue weighted by Crippen LogP contribution is 2.32. The van der Waals surface area contributed by atoms with Crippen molar-refractivity contribution in [2.24, 2.45) is 0 Å². The van der Waals surface area contributed by atoms with Gasteiger partial charge in [0.2, 0.25) is 0 Å². The lowest BCUT2D eigenvalue weighted by Crippen LogP contribution is -2.18. The molecule has 106 valence electrons. The van der Waals surface area contributed by atoms with E-state index in [1.807, 2.05) is 6.07 Å². The fourth-order valence-electron chi connectivity index (χ4n) is 2.92. The van der Waals surface area contributed by atoms with Crippen LogP contribution in [0.5, 0.6) is 11.5 Å². The molecule has 0 aromatic heterocycles. The molecule has 0 spiro atoms. The smallest absolute Gasteiger partial charge is 0.161 e. The molecule has 0 atom stereocenters. The van der Waals surface area contributed by atoms with E-state index in [0.29, 0.717) is 0 Å². The minimum absolute atomic E-state index is 0.785. The Kier molecular flexibility index (Phi) is 3.79. The lowest BCUT2D eigenvalue weighted by Gasteiger charge is -2.15. The van der Waals surface area contributed by atoms with Gasteiger partial charge in [-0.1, -0.05) is 12.1 Å². The number of nitrogens with zero attached hydrogens (tertiary/aromatic N) is 1. The fraction of sp³-hybridized carbons (Fsp3) is 0.412. The van der Waals surface area contributed by atoms with Gasteiger partial charge in [-0.05, 0) is 60.5 Å². The molecule has 1 heterocycles. The molecule has 0 unspecified atom stereocenters. The van der Waals surface area contributed by atoms with E-state index in [2.05, 4.69) is 29.2 Å². The van der Waals surface area contributed by atoms with Crippen LogP contribution < -0.4 is 9.47 Å². The minimum Gasteiger partial charge on any atom is -0.493 e. The zero-order valence-electron chi connectivity index (χ0n) is 12.2. The standard InChI is InChI=1S/C17H21NO2/c1-19-16-10-14-6-5-13(12-18-7-3-4-8-18)9-15(14)11-17(16)20-2/h5-6,9-11H,3-4,7-8,12H2,1-2H3. The highest BCUT2D eigenvalue weighted by Gasteiger charge is 2.12. The van der Waals surface area contributed by atoms with E-state index in [1.165, 1.54) is 42.3 Å². The molecule has 0 saturated carbocycles. The largest absolute Gasteiger partial charge is 0.493 e. The predicted octanol–water partition coefficient (Wildman–Crippen LogP) is 3.45. The second kappa shape index (κ2) is 5.71. The number of methoxy groups -OCH3 is 2. The molecule has 2 aromatic carbocycles. The van der Waals surface area contributed by atoms with Gasteiger partial charge >= 0.3 is 0 Å². The van der Waals surface area contributed by atoms with Crippen molar-refractivity contribution in [3.8, 4) is 11.5 Å². The molecule has 3 nitrogen and oxygen atoms in total. The summed E-state index contributed by atoms with van der Waals surface area (Å²) in [6.07, 6.45) is 2.66. The normalized spacial score (nSPS) is 15.7. The van der Waals surface area contributed by atoms with Crippen molar-refractivity contribution < 1.29 is 9.47 Å². The van der Waals surface area contributed by atoms with Crippen LogP contribution in [0.2, 0.25) is 0 Å². The third kappa shape index (κ3) is 2.59. The predicted molar refractivity (Wildman–Crippen MR) is 81.6 cm³/mol. The highest BCUT2D eigenvalue weighted by atomic mass is 16.5. The zero-order chi connectivity index (χ0) is 13.9. The van der Waals surface area contributed by atoms with E-state index in [0.717, 1.165) is 18.0 Å². The molecule has 0 bridgehead atoms. The van der Waals surface area contributed by atoms with Crippen molar-refractivity contribution >= 4 is 10.8 Å². The van der Waals surface area contributed by atoms with Crippen LogP contribution in [0.3, 0.4) is 0 Å². The number of ether oxygens (including phenoxy) is 2. The van der Waals surface area contributed by atoms with Gasteiger partial charge < -0.3 is 9.47 Å². The molecule has 0 N–H and O–H groups in total. The Morgan fingerprint density at radius 1 is 0.900 bits per heavy atom. The summed E-state index contributed by atoms with van der Waals surface area (Å²) in [7, 11) is 3.35. The summed E-state index contributed by atoms with van der Waals surface area (Å²) in [4.78, 5) is 2.52. The Balaban J connectivity index is 1.93. The van der Waals surface area contributed by atoms with Crippen LogP contribution in [0.25, 0.3) is 10.8 Å². The Morgan fingerprint density at radius 3 is 2.20 bits per heavy atom. The van der Waals surface area contributed by atoms with Crippen molar-refractivity contribution in [2.45, 2.75) is 19.4 Å². The second-order valence-corrected chi connectivity index (χ2v) is 5.37.